The fourth-order valence-corrected chi connectivity index (χ4v) is 3.85. The SMILES string of the molecule is O=[N+]([O-])c1ccc(OP2(=O)NCCC(c3ccccc3)O2)cc1. The van der Waals surface area contributed by atoms with Gasteiger partial charge in [0.1, 0.15) is 5.75 Å². The van der Waals surface area contributed by atoms with E-state index in [0.717, 1.165) is 5.56 Å². The Hall–Kier alpha value is -2.21. The molecule has 0 saturated carbocycles. The van der Waals surface area contributed by atoms with E-state index < -0.39 is 12.7 Å². The number of nitro groups is 1. The largest absolute Gasteiger partial charge is 0.459 e. The number of hydrogen-bond acceptors (Lipinski definition) is 5. The standard InChI is InChI=1S/C15H15N2O5P/c18-17(19)13-6-8-14(9-7-13)21-23(20)16-11-10-15(22-23)12-4-2-1-3-5-12/h1-9,15H,10-11H2,(H,16,20). The van der Waals surface area contributed by atoms with E-state index in [1.54, 1.807) is 0 Å². The van der Waals surface area contributed by atoms with Gasteiger partial charge in [0, 0.05) is 18.7 Å². The fraction of sp³-hybridized carbons (Fsp3) is 0.200. The van der Waals surface area contributed by atoms with Crippen molar-refractivity contribution in [3.63, 3.8) is 0 Å². The molecule has 7 nitrogen and oxygen atoms in total. The Labute approximate surface area is 133 Å². The summed E-state index contributed by atoms with van der Waals surface area (Å²) < 4.78 is 23.8. The van der Waals surface area contributed by atoms with Crippen LogP contribution >= 0.6 is 7.75 Å². The summed E-state index contributed by atoms with van der Waals surface area (Å²) in [7, 11) is -3.52. The van der Waals surface area contributed by atoms with E-state index in [1.165, 1.54) is 24.3 Å². The molecule has 1 fully saturated rings. The molecule has 0 aliphatic carbocycles. The number of rotatable bonds is 4. The van der Waals surface area contributed by atoms with E-state index >= 15 is 0 Å². The van der Waals surface area contributed by atoms with Crippen molar-refractivity contribution in [2.75, 3.05) is 6.54 Å². The first-order valence-electron chi connectivity index (χ1n) is 7.08. The molecule has 1 heterocycles. The average Bonchev–Trinajstić information content (AvgIpc) is 2.56. The van der Waals surface area contributed by atoms with E-state index in [2.05, 4.69) is 5.09 Å². The van der Waals surface area contributed by atoms with Crippen LogP contribution in [0.25, 0.3) is 0 Å². The topological polar surface area (TPSA) is 90.7 Å². The van der Waals surface area contributed by atoms with Crippen LogP contribution in [0.4, 0.5) is 5.69 Å². The molecular formula is C15H15N2O5P. The van der Waals surface area contributed by atoms with Crippen molar-refractivity contribution < 1.29 is 18.5 Å². The van der Waals surface area contributed by atoms with Crippen LogP contribution in [0.1, 0.15) is 18.1 Å². The van der Waals surface area contributed by atoms with Gasteiger partial charge in [-0.15, -0.1) is 0 Å². The lowest BCUT2D eigenvalue weighted by Crippen LogP contribution is -2.27. The summed E-state index contributed by atoms with van der Waals surface area (Å²) in [6.45, 7) is 0.490. The van der Waals surface area contributed by atoms with Crippen LogP contribution in [0.15, 0.2) is 54.6 Å². The minimum atomic E-state index is -3.52. The Morgan fingerprint density at radius 2 is 1.87 bits per heavy atom. The average molecular weight is 334 g/mol. The Bertz CT molecular complexity index is 735. The molecule has 0 radical (unpaired) electrons. The van der Waals surface area contributed by atoms with Gasteiger partial charge in [-0.1, -0.05) is 30.3 Å². The highest BCUT2D eigenvalue weighted by Gasteiger charge is 2.35. The van der Waals surface area contributed by atoms with Crippen LogP contribution in [-0.2, 0) is 9.09 Å². The first kappa shape index (κ1) is 15.7. The minimum Gasteiger partial charge on any atom is -0.413 e. The molecule has 0 bridgehead atoms. The zero-order chi connectivity index (χ0) is 16.3. The van der Waals surface area contributed by atoms with Crippen molar-refractivity contribution in [1.29, 1.82) is 0 Å². The van der Waals surface area contributed by atoms with E-state index in [-0.39, 0.29) is 17.5 Å². The smallest absolute Gasteiger partial charge is 0.413 e. The molecule has 0 spiro atoms. The third-order valence-electron chi connectivity index (χ3n) is 3.42. The van der Waals surface area contributed by atoms with Gasteiger partial charge in [-0.3, -0.25) is 14.6 Å². The molecule has 2 aromatic rings. The molecule has 3 rings (SSSR count). The molecule has 1 aliphatic heterocycles. The second-order valence-corrected chi connectivity index (χ2v) is 6.75. The minimum absolute atomic E-state index is 0.0599. The highest BCUT2D eigenvalue weighted by atomic mass is 31.2. The van der Waals surface area contributed by atoms with Crippen LogP contribution in [0.5, 0.6) is 5.75 Å². The van der Waals surface area contributed by atoms with Crippen LogP contribution in [0, 0.1) is 10.1 Å². The first-order valence-corrected chi connectivity index (χ1v) is 8.63. The van der Waals surface area contributed by atoms with E-state index in [0.29, 0.717) is 13.0 Å². The monoisotopic (exact) mass is 334 g/mol. The van der Waals surface area contributed by atoms with Gasteiger partial charge in [0.25, 0.3) is 5.69 Å². The van der Waals surface area contributed by atoms with Gasteiger partial charge in [0.2, 0.25) is 0 Å². The third-order valence-corrected chi connectivity index (χ3v) is 5.02. The van der Waals surface area contributed by atoms with Gasteiger partial charge < -0.3 is 4.52 Å². The van der Waals surface area contributed by atoms with Gasteiger partial charge in [0.15, 0.2) is 0 Å². The summed E-state index contributed by atoms with van der Waals surface area (Å²) in [5, 5.41) is 13.4. The molecule has 120 valence electrons. The molecule has 23 heavy (non-hydrogen) atoms. The maximum atomic E-state index is 12.7. The lowest BCUT2D eigenvalue weighted by atomic mass is 10.1. The molecule has 2 aromatic carbocycles. The van der Waals surface area contributed by atoms with Crippen molar-refractivity contribution >= 4 is 13.4 Å². The molecule has 0 amide bonds. The second-order valence-electron chi connectivity index (χ2n) is 5.04. The second kappa shape index (κ2) is 6.50. The maximum Gasteiger partial charge on any atom is 0.459 e. The molecular weight excluding hydrogens is 319 g/mol. The van der Waals surface area contributed by atoms with Crippen LogP contribution in [0.3, 0.4) is 0 Å². The molecule has 8 heteroatoms. The predicted molar refractivity (Wildman–Crippen MR) is 84.2 cm³/mol. The molecule has 0 aromatic heterocycles. The fourth-order valence-electron chi connectivity index (χ4n) is 2.31. The highest BCUT2D eigenvalue weighted by Crippen LogP contribution is 2.51. The van der Waals surface area contributed by atoms with Crippen molar-refractivity contribution in [3.8, 4) is 5.75 Å². The third kappa shape index (κ3) is 3.76. The number of hydrogen-bond donors (Lipinski definition) is 1. The van der Waals surface area contributed by atoms with Crippen molar-refractivity contribution in [3.05, 3.63) is 70.3 Å². The zero-order valence-corrected chi connectivity index (χ0v) is 13.0. The Balaban J connectivity index is 1.73. The van der Waals surface area contributed by atoms with Crippen molar-refractivity contribution in [1.82, 2.24) is 5.09 Å². The summed E-state index contributed by atoms with van der Waals surface area (Å²) in [6.07, 6.45) is 0.360. The Kier molecular flexibility index (Phi) is 4.43. The lowest BCUT2D eigenvalue weighted by Gasteiger charge is -2.30. The number of nitrogens with zero attached hydrogens (tertiary/aromatic N) is 1. The summed E-state index contributed by atoms with van der Waals surface area (Å²) in [6, 6.07) is 14.9. The van der Waals surface area contributed by atoms with Gasteiger partial charge in [-0.25, -0.2) is 9.65 Å². The van der Waals surface area contributed by atoms with Crippen LogP contribution < -0.4 is 9.61 Å². The van der Waals surface area contributed by atoms with Gasteiger partial charge in [-0.2, -0.15) is 0 Å². The molecule has 1 N–H and O–H groups in total. The quantitative estimate of drug-likeness (QED) is 0.519. The van der Waals surface area contributed by atoms with Crippen molar-refractivity contribution in [2.45, 2.75) is 12.5 Å². The summed E-state index contributed by atoms with van der Waals surface area (Å²) in [4.78, 5) is 10.1. The van der Waals surface area contributed by atoms with Gasteiger partial charge in [-0.05, 0) is 24.1 Å². The molecule has 1 aliphatic rings. The number of non-ortho nitro benzene ring substituents is 1. The Morgan fingerprint density at radius 3 is 2.52 bits per heavy atom. The van der Waals surface area contributed by atoms with E-state index in [4.69, 9.17) is 9.05 Å². The van der Waals surface area contributed by atoms with Gasteiger partial charge in [0.05, 0.1) is 11.0 Å². The predicted octanol–water partition coefficient (Wildman–Crippen LogP) is 3.83. The van der Waals surface area contributed by atoms with E-state index in [9.17, 15) is 14.7 Å². The lowest BCUT2D eigenvalue weighted by molar-refractivity contribution is -0.384. The number of nitrogens with one attached hydrogen (secondary N) is 1. The highest BCUT2D eigenvalue weighted by molar-refractivity contribution is 7.52. The molecule has 2 atom stereocenters. The zero-order valence-electron chi connectivity index (χ0n) is 12.1. The van der Waals surface area contributed by atoms with E-state index in [1.807, 2.05) is 30.3 Å². The first-order chi connectivity index (χ1) is 11.1. The maximum absolute atomic E-state index is 12.7. The van der Waals surface area contributed by atoms with Crippen molar-refractivity contribution in [2.24, 2.45) is 0 Å². The molecule has 2 unspecified atom stereocenters. The number of nitro benzene ring substituents is 1. The summed E-state index contributed by atoms with van der Waals surface area (Å²) in [5.41, 5.74) is 0.872. The summed E-state index contributed by atoms with van der Waals surface area (Å²) >= 11 is 0. The van der Waals surface area contributed by atoms with Crippen LogP contribution in [-0.4, -0.2) is 11.5 Å². The summed E-state index contributed by atoms with van der Waals surface area (Å²) in [5.74, 6) is 0.250. The van der Waals surface area contributed by atoms with Crippen LogP contribution in [0.2, 0.25) is 0 Å². The van der Waals surface area contributed by atoms with Gasteiger partial charge >= 0.3 is 7.75 Å². The normalized spacial score (nSPS) is 24.1. The Morgan fingerprint density at radius 1 is 1.17 bits per heavy atom. The number of benzene rings is 2. The molecule has 1 saturated heterocycles.